The zero-order valence-electron chi connectivity index (χ0n) is 12.0. The molecule has 0 fully saturated rings. The van der Waals surface area contributed by atoms with Crippen molar-refractivity contribution in [2.45, 2.75) is 6.10 Å². The molecular formula is C15H16FNO4. The molecule has 0 saturated carbocycles. The second-order valence-electron chi connectivity index (χ2n) is 4.26. The van der Waals surface area contributed by atoms with Crippen LogP contribution >= 0.6 is 0 Å². The Labute approximate surface area is 121 Å². The summed E-state index contributed by atoms with van der Waals surface area (Å²) < 4.78 is 29.0. The number of pyridine rings is 1. The van der Waals surface area contributed by atoms with Crippen molar-refractivity contribution in [3.8, 4) is 17.2 Å². The van der Waals surface area contributed by atoms with Crippen molar-refractivity contribution in [1.82, 2.24) is 4.98 Å². The number of hydrogen-bond acceptors (Lipinski definition) is 5. The summed E-state index contributed by atoms with van der Waals surface area (Å²) >= 11 is 0. The van der Waals surface area contributed by atoms with E-state index in [1.165, 1.54) is 33.6 Å². The smallest absolute Gasteiger partial charge is 0.203 e. The third-order valence-corrected chi connectivity index (χ3v) is 3.07. The molecule has 0 saturated heterocycles. The van der Waals surface area contributed by atoms with Gasteiger partial charge in [0.05, 0.1) is 27.5 Å². The topological polar surface area (TPSA) is 60.8 Å². The Hall–Kier alpha value is -2.34. The van der Waals surface area contributed by atoms with Gasteiger partial charge in [-0.25, -0.2) is 4.39 Å². The van der Waals surface area contributed by atoms with Gasteiger partial charge in [0.2, 0.25) is 5.75 Å². The van der Waals surface area contributed by atoms with Gasteiger partial charge in [0.25, 0.3) is 0 Å². The highest BCUT2D eigenvalue weighted by atomic mass is 19.1. The minimum Gasteiger partial charge on any atom is -0.493 e. The van der Waals surface area contributed by atoms with Crippen molar-refractivity contribution < 1.29 is 23.7 Å². The van der Waals surface area contributed by atoms with E-state index >= 15 is 0 Å². The van der Waals surface area contributed by atoms with E-state index in [-0.39, 0.29) is 0 Å². The predicted molar refractivity (Wildman–Crippen MR) is 74.4 cm³/mol. The molecule has 112 valence electrons. The van der Waals surface area contributed by atoms with Crippen molar-refractivity contribution in [2.24, 2.45) is 0 Å². The molecule has 6 heteroatoms. The first-order valence-corrected chi connectivity index (χ1v) is 6.19. The average Bonchev–Trinajstić information content (AvgIpc) is 2.52. The van der Waals surface area contributed by atoms with Crippen LogP contribution in [0.2, 0.25) is 0 Å². The van der Waals surface area contributed by atoms with Crippen LogP contribution < -0.4 is 14.2 Å². The minimum atomic E-state index is -1.09. The standard InChI is InChI=1S/C15H16FNO4/c1-19-12-5-4-11(14(20-2)15(12)21-3)13(18)9-6-10(16)8-17-7-9/h4-8,13,18H,1-3H3. The molecule has 1 heterocycles. The lowest BCUT2D eigenvalue weighted by molar-refractivity contribution is 0.211. The molecule has 21 heavy (non-hydrogen) atoms. The van der Waals surface area contributed by atoms with Crippen LogP contribution in [0, 0.1) is 5.82 Å². The van der Waals surface area contributed by atoms with Crippen molar-refractivity contribution >= 4 is 0 Å². The van der Waals surface area contributed by atoms with Gasteiger partial charge in [-0.1, -0.05) is 0 Å². The lowest BCUT2D eigenvalue weighted by atomic mass is 10.0. The Bertz CT molecular complexity index is 633. The molecule has 0 aliphatic carbocycles. The van der Waals surface area contributed by atoms with Gasteiger partial charge in [-0.15, -0.1) is 0 Å². The maximum Gasteiger partial charge on any atom is 0.203 e. The van der Waals surface area contributed by atoms with E-state index in [2.05, 4.69) is 4.98 Å². The summed E-state index contributed by atoms with van der Waals surface area (Å²) in [6, 6.07) is 4.50. The summed E-state index contributed by atoms with van der Waals surface area (Å²) in [6.07, 6.45) is 1.37. The van der Waals surface area contributed by atoms with Gasteiger partial charge in [0.15, 0.2) is 11.5 Å². The lowest BCUT2D eigenvalue weighted by Gasteiger charge is -2.19. The minimum absolute atomic E-state index is 0.320. The average molecular weight is 293 g/mol. The first-order chi connectivity index (χ1) is 10.1. The summed E-state index contributed by atoms with van der Waals surface area (Å²) in [7, 11) is 4.43. The fourth-order valence-corrected chi connectivity index (χ4v) is 2.10. The van der Waals surface area contributed by atoms with Crippen LogP contribution in [0.3, 0.4) is 0 Å². The third-order valence-electron chi connectivity index (χ3n) is 3.07. The summed E-state index contributed by atoms with van der Waals surface area (Å²) in [5, 5.41) is 10.4. The molecule has 0 bridgehead atoms. The summed E-state index contributed by atoms with van der Waals surface area (Å²) in [4.78, 5) is 3.73. The van der Waals surface area contributed by atoms with E-state index < -0.39 is 11.9 Å². The van der Waals surface area contributed by atoms with Crippen LogP contribution in [0.1, 0.15) is 17.2 Å². The number of halogens is 1. The monoisotopic (exact) mass is 293 g/mol. The Kier molecular flexibility index (Phi) is 4.59. The molecule has 0 spiro atoms. The molecule has 0 aliphatic heterocycles. The fourth-order valence-electron chi connectivity index (χ4n) is 2.10. The number of aromatic nitrogens is 1. The number of ether oxygens (including phenoxy) is 3. The molecule has 5 nitrogen and oxygen atoms in total. The Balaban J connectivity index is 2.53. The summed E-state index contributed by atoms with van der Waals surface area (Å²) in [5.41, 5.74) is 0.753. The first kappa shape index (κ1) is 15.1. The van der Waals surface area contributed by atoms with Crippen LogP contribution in [0.4, 0.5) is 4.39 Å². The largest absolute Gasteiger partial charge is 0.493 e. The molecule has 0 radical (unpaired) electrons. The fraction of sp³-hybridized carbons (Fsp3) is 0.267. The Morgan fingerprint density at radius 2 is 1.76 bits per heavy atom. The number of benzene rings is 1. The molecule has 2 rings (SSSR count). The quantitative estimate of drug-likeness (QED) is 0.916. The molecule has 0 amide bonds. The van der Waals surface area contributed by atoms with Crippen molar-refractivity contribution in [3.63, 3.8) is 0 Å². The van der Waals surface area contributed by atoms with E-state index in [9.17, 15) is 9.50 Å². The number of methoxy groups -OCH3 is 3. The number of hydrogen-bond donors (Lipinski definition) is 1. The second kappa shape index (κ2) is 6.41. The third kappa shape index (κ3) is 2.90. The summed E-state index contributed by atoms with van der Waals surface area (Å²) in [6.45, 7) is 0. The van der Waals surface area contributed by atoms with Gasteiger partial charge in [-0.05, 0) is 18.2 Å². The van der Waals surface area contributed by atoms with Crippen LogP contribution in [0.25, 0.3) is 0 Å². The highest BCUT2D eigenvalue weighted by Crippen LogP contribution is 2.43. The maximum atomic E-state index is 13.2. The van der Waals surface area contributed by atoms with Crippen LogP contribution in [0.5, 0.6) is 17.2 Å². The normalized spacial score (nSPS) is 11.9. The molecule has 1 N–H and O–H groups in total. The molecule has 0 aliphatic rings. The number of aliphatic hydroxyl groups is 1. The van der Waals surface area contributed by atoms with Crippen molar-refractivity contribution in [2.75, 3.05) is 21.3 Å². The first-order valence-electron chi connectivity index (χ1n) is 6.19. The van der Waals surface area contributed by atoms with E-state index in [1.807, 2.05) is 0 Å². The van der Waals surface area contributed by atoms with Crippen LogP contribution in [-0.2, 0) is 0 Å². The molecule has 1 aromatic carbocycles. The number of nitrogens with zero attached hydrogens (tertiary/aromatic N) is 1. The number of rotatable bonds is 5. The van der Waals surface area contributed by atoms with Gasteiger partial charge in [0.1, 0.15) is 11.9 Å². The van der Waals surface area contributed by atoms with E-state index in [4.69, 9.17) is 14.2 Å². The zero-order valence-corrected chi connectivity index (χ0v) is 12.0. The van der Waals surface area contributed by atoms with E-state index in [1.54, 1.807) is 12.1 Å². The number of aliphatic hydroxyl groups excluding tert-OH is 1. The molecule has 1 atom stereocenters. The highest BCUT2D eigenvalue weighted by molar-refractivity contribution is 5.57. The van der Waals surface area contributed by atoms with Gasteiger partial charge in [-0.3, -0.25) is 4.98 Å². The Morgan fingerprint density at radius 1 is 1.05 bits per heavy atom. The van der Waals surface area contributed by atoms with Crippen LogP contribution in [-0.4, -0.2) is 31.4 Å². The van der Waals surface area contributed by atoms with Gasteiger partial charge in [-0.2, -0.15) is 0 Å². The summed E-state index contributed by atoms with van der Waals surface area (Å²) in [5.74, 6) is 0.642. The zero-order chi connectivity index (χ0) is 15.4. The van der Waals surface area contributed by atoms with Gasteiger partial charge in [0, 0.05) is 17.3 Å². The highest BCUT2D eigenvalue weighted by Gasteiger charge is 2.22. The van der Waals surface area contributed by atoms with Gasteiger partial charge >= 0.3 is 0 Å². The molecule has 2 aromatic rings. The van der Waals surface area contributed by atoms with E-state index in [0.29, 0.717) is 28.4 Å². The predicted octanol–water partition coefficient (Wildman–Crippen LogP) is 2.33. The maximum absolute atomic E-state index is 13.2. The molecular weight excluding hydrogens is 277 g/mol. The lowest BCUT2D eigenvalue weighted by Crippen LogP contribution is -2.05. The van der Waals surface area contributed by atoms with Crippen molar-refractivity contribution in [1.29, 1.82) is 0 Å². The SMILES string of the molecule is COc1ccc(C(O)c2cncc(F)c2)c(OC)c1OC. The van der Waals surface area contributed by atoms with Gasteiger partial charge < -0.3 is 19.3 Å². The van der Waals surface area contributed by atoms with Crippen molar-refractivity contribution in [3.05, 3.63) is 47.5 Å². The van der Waals surface area contributed by atoms with Crippen LogP contribution in [0.15, 0.2) is 30.6 Å². The van der Waals surface area contributed by atoms with E-state index in [0.717, 1.165) is 6.20 Å². The Morgan fingerprint density at radius 3 is 2.33 bits per heavy atom. The molecule has 1 aromatic heterocycles. The second-order valence-corrected chi connectivity index (χ2v) is 4.26. The molecule has 1 unspecified atom stereocenters.